The predicted molar refractivity (Wildman–Crippen MR) is 105 cm³/mol. The first-order valence-corrected chi connectivity index (χ1v) is 9.22. The van der Waals surface area contributed by atoms with Crippen LogP contribution < -0.4 is 4.74 Å². The first kappa shape index (κ1) is 20.1. The lowest BCUT2D eigenvalue weighted by atomic mass is 10.0. The molecule has 3 rings (SSSR count). The van der Waals surface area contributed by atoms with Crippen molar-refractivity contribution in [3.05, 3.63) is 65.5 Å². The highest BCUT2D eigenvalue weighted by atomic mass is 16.6. The molecule has 148 valence electrons. The monoisotopic (exact) mass is 391 g/mol. The predicted octanol–water partition coefficient (Wildman–Crippen LogP) is 4.24. The van der Waals surface area contributed by atoms with Gasteiger partial charge in [0.25, 0.3) is 5.89 Å². The molecule has 29 heavy (non-hydrogen) atoms. The number of carbonyl (C=O) groups excluding carboxylic acids is 1. The molecular weight excluding hydrogens is 370 g/mol. The van der Waals surface area contributed by atoms with Crippen molar-refractivity contribution < 1.29 is 18.8 Å². The molecule has 0 bridgehead atoms. The van der Waals surface area contributed by atoms with E-state index in [0.717, 1.165) is 5.56 Å². The Balaban J connectivity index is 1.54. The van der Waals surface area contributed by atoms with Crippen molar-refractivity contribution in [1.29, 1.82) is 5.26 Å². The quantitative estimate of drug-likeness (QED) is 0.555. The number of benzene rings is 2. The summed E-state index contributed by atoms with van der Waals surface area (Å²) in [6, 6.07) is 16.4. The Bertz CT molecular complexity index is 1000. The molecule has 0 aliphatic heterocycles. The first-order chi connectivity index (χ1) is 14.0. The fourth-order valence-electron chi connectivity index (χ4n) is 2.56. The van der Waals surface area contributed by atoms with Gasteiger partial charge >= 0.3 is 5.97 Å². The second kappa shape index (κ2) is 9.02. The van der Waals surface area contributed by atoms with Gasteiger partial charge in [-0.15, -0.1) is 0 Å². The van der Waals surface area contributed by atoms with E-state index in [1.165, 1.54) is 5.56 Å². The summed E-state index contributed by atoms with van der Waals surface area (Å²) in [7, 11) is 0. The average molecular weight is 391 g/mol. The number of rotatable bonds is 7. The van der Waals surface area contributed by atoms with Gasteiger partial charge in [0.15, 0.2) is 12.7 Å². The van der Waals surface area contributed by atoms with E-state index in [4.69, 9.17) is 19.3 Å². The SMILES string of the molecule is CC(C)c1ccc(-c2noc(COC(=O)[C@H](C)Oc3ccc(C#N)cc3)n2)cc1. The standard InChI is InChI=1S/C22H21N3O4/c1-14(2)17-6-8-18(9-7-17)21-24-20(29-25-21)13-27-22(26)15(3)28-19-10-4-16(12-23)5-11-19/h4-11,14-15H,13H2,1-3H3/t15-/m0/s1. The van der Waals surface area contributed by atoms with E-state index in [1.807, 2.05) is 30.3 Å². The van der Waals surface area contributed by atoms with E-state index in [1.54, 1.807) is 31.2 Å². The molecule has 7 nitrogen and oxygen atoms in total. The molecule has 1 heterocycles. The van der Waals surface area contributed by atoms with Crippen LogP contribution in [-0.4, -0.2) is 22.2 Å². The summed E-state index contributed by atoms with van der Waals surface area (Å²) < 4.78 is 15.9. The number of aromatic nitrogens is 2. The average Bonchev–Trinajstić information content (AvgIpc) is 3.21. The van der Waals surface area contributed by atoms with Crippen molar-refractivity contribution in [2.24, 2.45) is 0 Å². The number of hydrogen-bond acceptors (Lipinski definition) is 7. The molecule has 1 atom stereocenters. The van der Waals surface area contributed by atoms with Crippen LogP contribution in [0.25, 0.3) is 11.4 Å². The molecule has 0 aliphatic rings. The molecule has 1 aromatic heterocycles. The van der Waals surface area contributed by atoms with Gasteiger partial charge in [0.05, 0.1) is 11.6 Å². The molecule has 0 fully saturated rings. The maximum atomic E-state index is 12.1. The third-order valence-corrected chi connectivity index (χ3v) is 4.27. The topological polar surface area (TPSA) is 98.2 Å². The van der Waals surface area contributed by atoms with Crippen LogP contribution >= 0.6 is 0 Å². The molecule has 0 spiro atoms. The zero-order valence-corrected chi connectivity index (χ0v) is 16.5. The first-order valence-electron chi connectivity index (χ1n) is 9.22. The number of nitrogens with zero attached hydrogens (tertiary/aromatic N) is 3. The van der Waals surface area contributed by atoms with Gasteiger partial charge in [-0.05, 0) is 42.7 Å². The molecule has 0 unspecified atom stereocenters. The van der Waals surface area contributed by atoms with Gasteiger partial charge in [0, 0.05) is 5.56 Å². The van der Waals surface area contributed by atoms with Gasteiger partial charge < -0.3 is 14.0 Å². The molecule has 2 aromatic carbocycles. The van der Waals surface area contributed by atoms with Crippen molar-refractivity contribution in [1.82, 2.24) is 10.1 Å². The van der Waals surface area contributed by atoms with Gasteiger partial charge in [-0.3, -0.25) is 0 Å². The Morgan fingerprint density at radius 1 is 1.10 bits per heavy atom. The summed E-state index contributed by atoms with van der Waals surface area (Å²) in [5.74, 6) is 0.992. The maximum absolute atomic E-state index is 12.1. The second-order valence-corrected chi connectivity index (χ2v) is 6.79. The highest BCUT2D eigenvalue weighted by molar-refractivity contribution is 5.74. The van der Waals surface area contributed by atoms with E-state index in [0.29, 0.717) is 23.1 Å². The normalized spacial score (nSPS) is 11.7. The van der Waals surface area contributed by atoms with Gasteiger partial charge in [-0.25, -0.2) is 4.79 Å². The zero-order valence-electron chi connectivity index (χ0n) is 16.5. The summed E-state index contributed by atoms with van der Waals surface area (Å²) >= 11 is 0. The lowest BCUT2D eigenvalue weighted by Crippen LogP contribution is -2.26. The summed E-state index contributed by atoms with van der Waals surface area (Å²) in [6.07, 6.45) is -0.825. The zero-order chi connectivity index (χ0) is 20.8. The Hall–Kier alpha value is -3.66. The molecule has 0 saturated carbocycles. The number of hydrogen-bond donors (Lipinski definition) is 0. The van der Waals surface area contributed by atoms with Crippen LogP contribution in [0.15, 0.2) is 53.1 Å². The Labute approximate surface area is 168 Å². The van der Waals surface area contributed by atoms with E-state index in [9.17, 15) is 4.79 Å². The van der Waals surface area contributed by atoms with E-state index >= 15 is 0 Å². The summed E-state index contributed by atoms with van der Waals surface area (Å²) in [4.78, 5) is 16.4. The Morgan fingerprint density at radius 3 is 2.41 bits per heavy atom. The summed E-state index contributed by atoms with van der Waals surface area (Å²) in [6.45, 7) is 5.69. The van der Waals surface area contributed by atoms with E-state index in [2.05, 4.69) is 24.0 Å². The smallest absolute Gasteiger partial charge is 0.347 e. The Morgan fingerprint density at radius 2 is 1.79 bits per heavy atom. The lowest BCUT2D eigenvalue weighted by molar-refractivity contribution is -0.153. The molecule has 0 aliphatic carbocycles. The largest absolute Gasteiger partial charge is 0.479 e. The van der Waals surface area contributed by atoms with Crippen LogP contribution in [0.1, 0.15) is 43.7 Å². The number of nitriles is 1. The molecule has 0 saturated heterocycles. The molecule has 7 heteroatoms. The second-order valence-electron chi connectivity index (χ2n) is 6.79. The van der Waals surface area contributed by atoms with Crippen molar-refractivity contribution in [2.45, 2.75) is 39.4 Å². The minimum Gasteiger partial charge on any atom is -0.479 e. The van der Waals surface area contributed by atoms with Crippen molar-refractivity contribution in [2.75, 3.05) is 0 Å². The maximum Gasteiger partial charge on any atom is 0.347 e. The Kier molecular flexibility index (Phi) is 6.25. The van der Waals surface area contributed by atoms with Crippen molar-refractivity contribution in [3.8, 4) is 23.2 Å². The molecular formula is C22H21N3O4. The minimum absolute atomic E-state index is 0.142. The highest BCUT2D eigenvalue weighted by Crippen LogP contribution is 2.21. The molecule has 0 radical (unpaired) electrons. The third kappa shape index (κ3) is 5.20. The number of ether oxygens (including phenoxy) is 2. The van der Waals surface area contributed by atoms with Crippen molar-refractivity contribution in [3.63, 3.8) is 0 Å². The highest BCUT2D eigenvalue weighted by Gasteiger charge is 2.18. The van der Waals surface area contributed by atoms with Gasteiger partial charge in [0.1, 0.15) is 5.75 Å². The van der Waals surface area contributed by atoms with E-state index < -0.39 is 12.1 Å². The van der Waals surface area contributed by atoms with Crippen LogP contribution in [-0.2, 0) is 16.1 Å². The van der Waals surface area contributed by atoms with Gasteiger partial charge in [0.2, 0.25) is 5.82 Å². The summed E-state index contributed by atoms with van der Waals surface area (Å²) in [5, 5.41) is 12.7. The minimum atomic E-state index is -0.825. The molecule has 0 amide bonds. The van der Waals surface area contributed by atoms with Crippen LogP contribution in [0, 0.1) is 11.3 Å². The van der Waals surface area contributed by atoms with Crippen LogP contribution in [0.4, 0.5) is 0 Å². The van der Waals surface area contributed by atoms with Crippen LogP contribution in [0.3, 0.4) is 0 Å². The lowest BCUT2D eigenvalue weighted by Gasteiger charge is -2.13. The van der Waals surface area contributed by atoms with Crippen LogP contribution in [0.2, 0.25) is 0 Å². The fraction of sp³-hybridized carbons (Fsp3) is 0.273. The van der Waals surface area contributed by atoms with Crippen molar-refractivity contribution >= 4 is 5.97 Å². The number of carbonyl (C=O) groups is 1. The molecule has 3 aromatic rings. The fourth-order valence-corrected chi connectivity index (χ4v) is 2.56. The van der Waals surface area contributed by atoms with Gasteiger partial charge in [-0.2, -0.15) is 10.2 Å². The van der Waals surface area contributed by atoms with Gasteiger partial charge in [-0.1, -0.05) is 43.3 Å². The van der Waals surface area contributed by atoms with E-state index in [-0.39, 0.29) is 12.5 Å². The third-order valence-electron chi connectivity index (χ3n) is 4.27. The molecule has 0 N–H and O–H groups in total. The number of esters is 1. The van der Waals surface area contributed by atoms with Crippen LogP contribution in [0.5, 0.6) is 5.75 Å². The summed E-state index contributed by atoms with van der Waals surface area (Å²) in [5.41, 5.74) is 2.56.